The lowest BCUT2D eigenvalue weighted by Gasteiger charge is -2.29. The second-order valence-corrected chi connectivity index (χ2v) is 10.1. The normalized spacial score (nSPS) is 14.1. The minimum Gasteiger partial charge on any atom is -0.490 e. The second-order valence-electron chi connectivity index (χ2n) is 8.26. The number of amides is 1. The molecule has 0 spiro atoms. The Hall–Kier alpha value is -3.50. The van der Waals surface area contributed by atoms with Gasteiger partial charge in [0.25, 0.3) is 5.56 Å². The van der Waals surface area contributed by atoms with Gasteiger partial charge >= 0.3 is 0 Å². The summed E-state index contributed by atoms with van der Waals surface area (Å²) in [5.41, 5.74) is 3.25. The third kappa shape index (κ3) is 4.12. The van der Waals surface area contributed by atoms with Gasteiger partial charge in [-0.3, -0.25) is 14.2 Å². The van der Waals surface area contributed by atoms with Crippen molar-refractivity contribution in [2.45, 2.75) is 18.6 Å². The van der Waals surface area contributed by atoms with Gasteiger partial charge in [0, 0.05) is 0 Å². The summed E-state index contributed by atoms with van der Waals surface area (Å²) in [7, 11) is 0. The largest absolute Gasteiger partial charge is 0.490 e. The fourth-order valence-electron chi connectivity index (χ4n) is 4.19. The van der Waals surface area contributed by atoms with E-state index in [1.165, 1.54) is 23.1 Å². The van der Waals surface area contributed by atoms with Gasteiger partial charge in [-0.15, -0.1) is 11.3 Å². The summed E-state index contributed by atoms with van der Waals surface area (Å²) >= 11 is 2.64. The van der Waals surface area contributed by atoms with Crippen LogP contribution >= 0.6 is 23.1 Å². The van der Waals surface area contributed by atoms with Gasteiger partial charge in [-0.05, 0) is 53.8 Å². The van der Waals surface area contributed by atoms with Crippen molar-refractivity contribution in [1.29, 1.82) is 0 Å². The van der Waals surface area contributed by atoms with Crippen LogP contribution in [0.25, 0.3) is 10.2 Å². The number of aryl methyl sites for hydroxylation is 1. The summed E-state index contributed by atoms with van der Waals surface area (Å²) < 4.78 is 18.8. The van der Waals surface area contributed by atoms with Gasteiger partial charge in [0.1, 0.15) is 17.1 Å². The molecule has 0 aliphatic carbocycles. The fourth-order valence-corrected chi connectivity index (χ4v) is 5.84. The summed E-state index contributed by atoms with van der Waals surface area (Å²) in [5, 5.41) is 2.36. The molecule has 2 aromatic carbocycles. The number of benzene rings is 2. The highest BCUT2D eigenvalue weighted by Crippen LogP contribution is 2.34. The number of hydrogen-bond donors (Lipinski definition) is 0. The molecule has 2 aromatic heterocycles. The van der Waals surface area contributed by atoms with E-state index in [0.29, 0.717) is 52.3 Å². The summed E-state index contributed by atoms with van der Waals surface area (Å²) in [6.07, 6.45) is 0. The number of nitrogens with zero attached hydrogens (tertiary/aromatic N) is 3. The highest BCUT2D eigenvalue weighted by atomic mass is 32.2. The molecule has 0 atom stereocenters. The molecule has 4 heterocycles. The Morgan fingerprint density at radius 2 is 1.94 bits per heavy atom. The standard InChI is InChI=1S/C25H21N3O5S2/c1-15-2-4-19-18(10-15)27(7-8-31-19)22(29)13-35-25-26-17-6-9-34-23(17)24(30)28(25)12-16-3-5-20-21(11-16)33-14-32-20/h2-6,9-11H,7-8,12-14H2,1H3. The molecule has 0 N–H and O–H groups in total. The number of hydrogen-bond acceptors (Lipinski definition) is 8. The van der Waals surface area contributed by atoms with Crippen LogP contribution in [0, 0.1) is 6.92 Å². The molecule has 0 fully saturated rings. The van der Waals surface area contributed by atoms with Crippen LogP contribution in [-0.4, -0.2) is 41.2 Å². The molecule has 2 aliphatic heterocycles. The zero-order valence-corrected chi connectivity index (χ0v) is 20.5. The molecule has 0 bridgehead atoms. The molecular formula is C25H21N3O5S2. The first kappa shape index (κ1) is 22.0. The first-order valence-electron chi connectivity index (χ1n) is 11.1. The first-order chi connectivity index (χ1) is 17.1. The molecule has 178 valence electrons. The van der Waals surface area contributed by atoms with Crippen LogP contribution < -0.4 is 24.7 Å². The highest BCUT2D eigenvalue weighted by Gasteiger charge is 2.25. The Labute approximate surface area is 209 Å². The maximum Gasteiger partial charge on any atom is 0.272 e. The van der Waals surface area contributed by atoms with E-state index in [1.807, 2.05) is 54.8 Å². The molecule has 4 aromatic rings. The molecular weight excluding hydrogens is 486 g/mol. The van der Waals surface area contributed by atoms with Gasteiger partial charge < -0.3 is 19.1 Å². The fraction of sp³-hybridized carbons (Fsp3) is 0.240. The minimum absolute atomic E-state index is 0.0561. The smallest absolute Gasteiger partial charge is 0.272 e. The number of carbonyl (C=O) groups excluding carboxylic acids is 1. The van der Waals surface area contributed by atoms with Crippen LogP contribution in [0.3, 0.4) is 0 Å². The number of rotatable bonds is 5. The molecule has 0 saturated carbocycles. The molecule has 0 unspecified atom stereocenters. The van der Waals surface area contributed by atoms with E-state index in [0.717, 1.165) is 16.8 Å². The lowest BCUT2D eigenvalue weighted by atomic mass is 10.1. The summed E-state index contributed by atoms with van der Waals surface area (Å²) in [6, 6.07) is 13.3. The average molecular weight is 508 g/mol. The predicted molar refractivity (Wildman–Crippen MR) is 135 cm³/mol. The van der Waals surface area contributed by atoms with Gasteiger partial charge in [0.2, 0.25) is 12.7 Å². The monoisotopic (exact) mass is 507 g/mol. The summed E-state index contributed by atoms with van der Waals surface area (Å²) in [6.45, 7) is 3.42. The van der Waals surface area contributed by atoms with Gasteiger partial charge in [-0.1, -0.05) is 23.9 Å². The number of thiophene rings is 1. The number of carbonyl (C=O) groups is 1. The molecule has 2 aliphatic rings. The Morgan fingerprint density at radius 1 is 1.09 bits per heavy atom. The lowest BCUT2D eigenvalue weighted by Crippen LogP contribution is -2.39. The number of anilines is 1. The van der Waals surface area contributed by atoms with Crippen LogP contribution in [0.5, 0.6) is 17.2 Å². The van der Waals surface area contributed by atoms with Crippen molar-refractivity contribution in [3.63, 3.8) is 0 Å². The van der Waals surface area contributed by atoms with E-state index < -0.39 is 0 Å². The van der Waals surface area contributed by atoms with Gasteiger partial charge in [-0.25, -0.2) is 4.98 Å². The minimum atomic E-state index is -0.120. The van der Waals surface area contributed by atoms with Crippen molar-refractivity contribution < 1.29 is 19.0 Å². The van der Waals surface area contributed by atoms with Gasteiger partial charge in [-0.2, -0.15) is 0 Å². The Balaban J connectivity index is 1.29. The molecule has 1 amide bonds. The summed E-state index contributed by atoms with van der Waals surface area (Å²) in [4.78, 5) is 33.1. The van der Waals surface area contributed by atoms with E-state index >= 15 is 0 Å². The molecule has 35 heavy (non-hydrogen) atoms. The van der Waals surface area contributed by atoms with Gasteiger partial charge in [0.05, 0.1) is 30.0 Å². The van der Waals surface area contributed by atoms with Crippen LogP contribution in [0.4, 0.5) is 5.69 Å². The van der Waals surface area contributed by atoms with Crippen LogP contribution in [0.1, 0.15) is 11.1 Å². The van der Waals surface area contributed by atoms with E-state index in [-0.39, 0.29) is 24.0 Å². The third-order valence-corrected chi connectivity index (χ3v) is 7.76. The number of aromatic nitrogens is 2. The second kappa shape index (κ2) is 8.94. The number of fused-ring (bicyclic) bond motifs is 3. The third-order valence-electron chi connectivity index (χ3n) is 5.91. The Morgan fingerprint density at radius 3 is 2.86 bits per heavy atom. The van der Waals surface area contributed by atoms with Crippen molar-refractivity contribution in [3.8, 4) is 17.2 Å². The van der Waals surface area contributed by atoms with Crippen molar-refractivity contribution in [2.75, 3.05) is 30.6 Å². The first-order valence-corrected chi connectivity index (χ1v) is 13.0. The van der Waals surface area contributed by atoms with Gasteiger partial charge in [0.15, 0.2) is 16.7 Å². The van der Waals surface area contributed by atoms with Crippen molar-refractivity contribution in [3.05, 3.63) is 69.3 Å². The Kier molecular flexibility index (Phi) is 5.62. The molecule has 10 heteroatoms. The van der Waals surface area contributed by atoms with E-state index in [9.17, 15) is 9.59 Å². The van der Waals surface area contributed by atoms with Crippen molar-refractivity contribution in [2.24, 2.45) is 0 Å². The lowest BCUT2D eigenvalue weighted by molar-refractivity contribution is -0.116. The molecule has 0 radical (unpaired) electrons. The quantitative estimate of drug-likeness (QED) is 0.298. The van der Waals surface area contributed by atoms with Crippen LogP contribution in [0.15, 0.2) is 57.8 Å². The molecule has 0 saturated heterocycles. The highest BCUT2D eigenvalue weighted by molar-refractivity contribution is 7.99. The van der Waals surface area contributed by atoms with Crippen LogP contribution in [-0.2, 0) is 11.3 Å². The van der Waals surface area contributed by atoms with Crippen molar-refractivity contribution >= 4 is 44.9 Å². The zero-order valence-electron chi connectivity index (χ0n) is 18.9. The van der Waals surface area contributed by atoms with Crippen molar-refractivity contribution in [1.82, 2.24) is 9.55 Å². The van der Waals surface area contributed by atoms with Crippen LogP contribution in [0.2, 0.25) is 0 Å². The number of thioether (sulfide) groups is 1. The maximum atomic E-state index is 13.3. The zero-order chi connectivity index (χ0) is 23.9. The van der Waals surface area contributed by atoms with E-state index in [4.69, 9.17) is 19.2 Å². The predicted octanol–water partition coefficient (Wildman–Crippen LogP) is 4.06. The van der Waals surface area contributed by atoms with E-state index in [1.54, 1.807) is 9.47 Å². The molecule has 6 rings (SSSR count). The number of ether oxygens (including phenoxy) is 3. The summed E-state index contributed by atoms with van der Waals surface area (Å²) in [5.74, 6) is 2.15. The maximum absolute atomic E-state index is 13.3. The SMILES string of the molecule is Cc1ccc2c(c1)N(C(=O)CSc1nc3ccsc3c(=O)n1Cc1ccc3c(c1)OCO3)CCO2. The topological polar surface area (TPSA) is 82.9 Å². The van der Waals surface area contributed by atoms with E-state index in [2.05, 4.69) is 0 Å². The Bertz CT molecular complexity index is 1510. The average Bonchev–Trinajstić information content (AvgIpc) is 3.53. The molecule has 8 nitrogen and oxygen atoms in total.